The Bertz CT molecular complexity index is 520. The molecule has 0 N–H and O–H groups in total. The minimum Gasteiger partial charge on any atom is -0.497 e. The van der Waals surface area contributed by atoms with Crippen molar-refractivity contribution in [2.75, 3.05) is 13.7 Å². The molecule has 0 heterocycles. The Balaban J connectivity index is 2.31. The van der Waals surface area contributed by atoms with Gasteiger partial charge in [0.05, 0.1) is 20.1 Å². The molecule has 0 saturated heterocycles. The third kappa shape index (κ3) is 3.10. The molecular weight excluding hydrogens is 264 g/mol. The molecule has 0 aromatic heterocycles. The maximum Gasteiger partial charge on any atom is 0.310 e. The quantitative estimate of drug-likeness (QED) is 0.791. The third-order valence-electron chi connectivity index (χ3n) is 3.21. The molecule has 0 spiro atoms. The Hall–Kier alpha value is -1.48. The molecular formula is C15H17ClO3. The third-order valence-corrected chi connectivity index (χ3v) is 3.62. The molecule has 0 aliphatic heterocycles. The smallest absolute Gasteiger partial charge is 0.310 e. The second-order valence-corrected chi connectivity index (χ2v) is 4.84. The van der Waals surface area contributed by atoms with Gasteiger partial charge in [0.25, 0.3) is 0 Å². The number of aryl methyl sites for hydroxylation is 1. The molecule has 0 unspecified atom stereocenters. The summed E-state index contributed by atoms with van der Waals surface area (Å²) in [5, 5.41) is 0.755. The van der Waals surface area contributed by atoms with Gasteiger partial charge in [-0.3, -0.25) is 4.79 Å². The van der Waals surface area contributed by atoms with Gasteiger partial charge >= 0.3 is 5.97 Å². The van der Waals surface area contributed by atoms with Crippen LogP contribution in [0.5, 0.6) is 5.75 Å². The maximum absolute atomic E-state index is 11.7. The van der Waals surface area contributed by atoms with Gasteiger partial charge in [0.15, 0.2) is 0 Å². The van der Waals surface area contributed by atoms with E-state index in [2.05, 4.69) is 0 Å². The van der Waals surface area contributed by atoms with Gasteiger partial charge in [0.1, 0.15) is 5.75 Å². The minimum atomic E-state index is -0.237. The molecule has 1 aromatic rings. The van der Waals surface area contributed by atoms with E-state index >= 15 is 0 Å². The van der Waals surface area contributed by atoms with Crippen molar-refractivity contribution in [2.45, 2.75) is 26.2 Å². The Morgan fingerprint density at radius 2 is 2.16 bits per heavy atom. The van der Waals surface area contributed by atoms with E-state index in [-0.39, 0.29) is 12.4 Å². The van der Waals surface area contributed by atoms with Gasteiger partial charge in [-0.1, -0.05) is 17.7 Å². The summed E-state index contributed by atoms with van der Waals surface area (Å²) in [7, 11) is 1.65. The maximum atomic E-state index is 11.7. The average Bonchev–Trinajstić information content (AvgIpc) is 2.41. The average molecular weight is 281 g/mol. The topological polar surface area (TPSA) is 35.5 Å². The highest BCUT2D eigenvalue weighted by molar-refractivity contribution is 6.33. The SMILES string of the molecule is CCOC(=O)CC1=C(Cl)CCc2cc(OC)ccc21. The summed E-state index contributed by atoms with van der Waals surface area (Å²) in [5.41, 5.74) is 3.08. The minimum absolute atomic E-state index is 0.228. The van der Waals surface area contributed by atoms with Gasteiger partial charge < -0.3 is 9.47 Å². The summed E-state index contributed by atoms with van der Waals surface area (Å²) < 4.78 is 10.2. The highest BCUT2D eigenvalue weighted by atomic mass is 35.5. The molecule has 19 heavy (non-hydrogen) atoms. The molecule has 0 bridgehead atoms. The Kier molecular flexibility index (Phi) is 4.48. The first-order valence-corrected chi connectivity index (χ1v) is 6.74. The lowest BCUT2D eigenvalue weighted by molar-refractivity contribution is -0.141. The number of carbonyl (C=O) groups is 1. The van der Waals surface area contributed by atoms with Crippen LogP contribution in [0, 0.1) is 0 Å². The van der Waals surface area contributed by atoms with Crippen LogP contribution in [0.3, 0.4) is 0 Å². The highest BCUT2D eigenvalue weighted by Crippen LogP contribution is 2.37. The van der Waals surface area contributed by atoms with E-state index in [1.165, 1.54) is 5.56 Å². The zero-order valence-electron chi connectivity index (χ0n) is 11.2. The first-order chi connectivity index (χ1) is 9.15. The van der Waals surface area contributed by atoms with Gasteiger partial charge in [-0.25, -0.2) is 0 Å². The summed E-state index contributed by atoms with van der Waals surface area (Å²) in [5.74, 6) is 0.589. The van der Waals surface area contributed by atoms with E-state index in [1.807, 2.05) is 18.2 Å². The zero-order valence-corrected chi connectivity index (χ0v) is 11.9. The number of halogens is 1. The molecule has 102 valence electrons. The van der Waals surface area contributed by atoms with E-state index in [0.717, 1.165) is 34.8 Å². The number of hydrogen-bond donors (Lipinski definition) is 0. The van der Waals surface area contributed by atoms with Gasteiger partial charge in [0, 0.05) is 5.03 Å². The molecule has 1 aliphatic carbocycles. The van der Waals surface area contributed by atoms with Crippen molar-refractivity contribution in [3.8, 4) is 5.75 Å². The standard InChI is InChI=1S/C15H17ClO3/c1-3-19-15(17)9-13-12-6-5-11(18-2)8-10(12)4-7-14(13)16/h5-6,8H,3-4,7,9H2,1-2H3. The number of methoxy groups -OCH3 is 1. The number of allylic oxidation sites excluding steroid dienone is 1. The number of fused-ring (bicyclic) bond motifs is 1. The van der Waals surface area contributed by atoms with Crippen molar-refractivity contribution < 1.29 is 14.3 Å². The summed E-state index contributed by atoms with van der Waals surface area (Å²) >= 11 is 6.27. The van der Waals surface area contributed by atoms with Gasteiger partial charge in [-0.15, -0.1) is 0 Å². The number of carbonyl (C=O) groups excluding carboxylic acids is 1. The van der Waals surface area contributed by atoms with E-state index in [0.29, 0.717) is 6.61 Å². The number of esters is 1. The second-order valence-electron chi connectivity index (χ2n) is 4.39. The molecule has 0 amide bonds. The van der Waals surface area contributed by atoms with E-state index in [1.54, 1.807) is 14.0 Å². The molecule has 1 aromatic carbocycles. The first kappa shape index (κ1) is 13.9. The van der Waals surface area contributed by atoms with E-state index in [9.17, 15) is 4.79 Å². The fourth-order valence-electron chi connectivity index (χ4n) is 2.29. The predicted octanol–water partition coefficient (Wildman–Crippen LogP) is 3.54. The summed E-state index contributed by atoms with van der Waals surface area (Å²) in [6.45, 7) is 2.19. The van der Waals surface area contributed by atoms with Crippen LogP contribution in [0.1, 0.15) is 30.9 Å². The van der Waals surface area contributed by atoms with Crippen molar-refractivity contribution in [1.29, 1.82) is 0 Å². The van der Waals surface area contributed by atoms with Gasteiger partial charge in [0.2, 0.25) is 0 Å². The van der Waals surface area contributed by atoms with Crippen LogP contribution >= 0.6 is 11.6 Å². The zero-order chi connectivity index (χ0) is 13.8. The lowest BCUT2D eigenvalue weighted by Gasteiger charge is -2.20. The van der Waals surface area contributed by atoms with Crippen LogP contribution in [-0.2, 0) is 16.0 Å². The normalized spacial score (nSPS) is 14.1. The van der Waals surface area contributed by atoms with Crippen LogP contribution in [0.2, 0.25) is 0 Å². The molecule has 1 aliphatic rings. The Labute approximate surface area is 118 Å². The number of ether oxygens (including phenoxy) is 2. The first-order valence-electron chi connectivity index (χ1n) is 6.36. The number of hydrogen-bond acceptors (Lipinski definition) is 3. The van der Waals surface area contributed by atoms with Crippen molar-refractivity contribution in [2.24, 2.45) is 0 Å². The fraction of sp³-hybridized carbons (Fsp3) is 0.400. The molecule has 0 atom stereocenters. The monoisotopic (exact) mass is 280 g/mol. The molecule has 0 radical (unpaired) electrons. The fourth-order valence-corrected chi connectivity index (χ4v) is 2.55. The second kappa shape index (κ2) is 6.11. The van der Waals surface area contributed by atoms with Crippen LogP contribution in [0.25, 0.3) is 5.57 Å². The predicted molar refractivity (Wildman–Crippen MR) is 75.3 cm³/mol. The van der Waals surface area contributed by atoms with Crippen LogP contribution in [-0.4, -0.2) is 19.7 Å². The lowest BCUT2D eigenvalue weighted by Crippen LogP contribution is -2.09. The molecule has 2 rings (SSSR count). The molecule has 4 heteroatoms. The largest absolute Gasteiger partial charge is 0.497 e. The van der Waals surface area contributed by atoms with Crippen molar-refractivity contribution in [3.05, 3.63) is 34.4 Å². The van der Waals surface area contributed by atoms with Crippen molar-refractivity contribution in [3.63, 3.8) is 0 Å². The van der Waals surface area contributed by atoms with Gasteiger partial charge in [-0.2, -0.15) is 0 Å². The van der Waals surface area contributed by atoms with Crippen molar-refractivity contribution in [1.82, 2.24) is 0 Å². The van der Waals surface area contributed by atoms with Crippen LogP contribution in [0.15, 0.2) is 23.2 Å². The molecule has 0 saturated carbocycles. The van der Waals surface area contributed by atoms with Crippen LogP contribution in [0.4, 0.5) is 0 Å². The summed E-state index contributed by atoms with van der Waals surface area (Å²) in [6.07, 6.45) is 1.86. The van der Waals surface area contributed by atoms with E-state index in [4.69, 9.17) is 21.1 Å². The number of benzene rings is 1. The Morgan fingerprint density at radius 1 is 1.37 bits per heavy atom. The number of rotatable bonds is 4. The molecule has 0 fully saturated rings. The van der Waals surface area contributed by atoms with Gasteiger partial charge in [-0.05, 0) is 48.6 Å². The Morgan fingerprint density at radius 3 is 2.84 bits per heavy atom. The molecule has 3 nitrogen and oxygen atoms in total. The van der Waals surface area contributed by atoms with Crippen LogP contribution < -0.4 is 4.74 Å². The van der Waals surface area contributed by atoms with E-state index < -0.39 is 0 Å². The lowest BCUT2D eigenvalue weighted by atomic mass is 9.89. The van der Waals surface area contributed by atoms with Crippen molar-refractivity contribution >= 4 is 23.1 Å². The summed E-state index contributed by atoms with van der Waals surface area (Å²) in [4.78, 5) is 11.7. The highest BCUT2D eigenvalue weighted by Gasteiger charge is 2.21. The summed E-state index contributed by atoms with van der Waals surface area (Å²) in [6, 6.07) is 5.85.